The molecule has 0 aliphatic rings. The van der Waals surface area contributed by atoms with E-state index in [1.54, 1.807) is 32.9 Å². The molecule has 1 atom stereocenters. The second-order valence-electron chi connectivity index (χ2n) is 4.33. The van der Waals surface area contributed by atoms with Crippen LogP contribution < -0.4 is 0 Å². The number of nitro benzene ring substituents is 1. The maximum atomic E-state index is 11.2. The number of rotatable bonds is 4. The summed E-state index contributed by atoms with van der Waals surface area (Å²) in [6, 6.07) is 4.78. The van der Waals surface area contributed by atoms with Crippen LogP contribution in [0.4, 0.5) is 5.69 Å². The second-order valence-corrected chi connectivity index (χ2v) is 4.33. The number of aliphatic carboxylic acids is 1. The Morgan fingerprint density at radius 1 is 1.41 bits per heavy atom. The molecule has 92 valence electrons. The monoisotopic (exact) mass is 237 g/mol. The van der Waals surface area contributed by atoms with Crippen LogP contribution in [-0.2, 0) is 4.79 Å². The summed E-state index contributed by atoms with van der Waals surface area (Å²) in [6.45, 7) is 5.09. The first kappa shape index (κ1) is 13.2. The highest BCUT2D eigenvalue weighted by atomic mass is 16.6. The van der Waals surface area contributed by atoms with Gasteiger partial charge in [0.2, 0.25) is 0 Å². The number of para-hydroxylation sites is 1. The Morgan fingerprint density at radius 2 is 2.00 bits per heavy atom. The highest BCUT2D eigenvalue weighted by Gasteiger charge is 2.31. The zero-order valence-corrected chi connectivity index (χ0v) is 10.0. The third-order valence-electron chi connectivity index (χ3n) is 2.72. The third kappa shape index (κ3) is 2.61. The van der Waals surface area contributed by atoms with Crippen LogP contribution in [0.5, 0.6) is 0 Å². The smallest absolute Gasteiger partial charge is 0.311 e. The van der Waals surface area contributed by atoms with E-state index in [1.165, 1.54) is 6.07 Å². The fraction of sp³-hybridized carbons (Fsp3) is 0.417. The molecule has 0 aliphatic carbocycles. The molecule has 1 aromatic carbocycles. The van der Waals surface area contributed by atoms with Gasteiger partial charge in [0.1, 0.15) is 0 Å². The number of carboxylic acid groups (broad SMARTS) is 1. The van der Waals surface area contributed by atoms with E-state index in [4.69, 9.17) is 0 Å². The number of benzene rings is 1. The van der Waals surface area contributed by atoms with Crippen molar-refractivity contribution in [2.75, 3.05) is 0 Å². The zero-order chi connectivity index (χ0) is 13.2. The van der Waals surface area contributed by atoms with Crippen LogP contribution in [0.25, 0.3) is 0 Å². The zero-order valence-electron chi connectivity index (χ0n) is 10.0. The van der Waals surface area contributed by atoms with Gasteiger partial charge in [-0.25, -0.2) is 0 Å². The van der Waals surface area contributed by atoms with Crippen molar-refractivity contribution in [3.63, 3.8) is 0 Å². The van der Waals surface area contributed by atoms with Crippen molar-refractivity contribution >= 4 is 11.7 Å². The molecule has 0 aliphatic heterocycles. The minimum atomic E-state index is -1.03. The van der Waals surface area contributed by atoms with Gasteiger partial charge in [-0.05, 0) is 12.8 Å². The van der Waals surface area contributed by atoms with Gasteiger partial charge in [-0.2, -0.15) is 0 Å². The molecule has 5 nitrogen and oxygen atoms in total. The number of carboxylic acids is 1. The van der Waals surface area contributed by atoms with Crippen LogP contribution >= 0.6 is 0 Å². The molecule has 0 aromatic heterocycles. The van der Waals surface area contributed by atoms with Crippen molar-refractivity contribution in [1.29, 1.82) is 0 Å². The molecule has 17 heavy (non-hydrogen) atoms. The lowest BCUT2D eigenvalue weighted by atomic mass is 9.86. The van der Waals surface area contributed by atoms with Crippen LogP contribution in [0, 0.1) is 23.0 Å². The molecule has 1 aromatic rings. The van der Waals surface area contributed by atoms with E-state index in [0.717, 1.165) is 0 Å². The molecule has 1 rings (SSSR count). The average Bonchev–Trinajstić information content (AvgIpc) is 2.15. The quantitative estimate of drug-likeness (QED) is 0.644. The summed E-state index contributed by atoms with van der Waals surface area (Å²) in [6.07, 6.45) is 0. The van der Waals surface area contributed by atoms with Gasteiger partial charge in [-0.1, -0.05) is 32.0 Å². The molecule has 0 radical (unpaired) electrons. The van der Waals surface area contributed by atoms with Gasteiger partial charge in [-0.3, -0.25) is 14.9 Å². The molecule has 0 amide bonds. The van der Waals surface area contributed by atoms with Crippen molar-refractivity contribution in [1.82, 2.24) is 0 Å². The van der Waals surface area contributed by atoms with E-state index in [9.17, 15) is 20.0 Å². The molecule has 5 heteroatoms. The van der Waals surface area contributed by atoms with Crippen LogP contribution in [-0.4, -0.2) is 16.0 Å². The number of nitrogens with zero attached hydrogens (tertiary/aromatic N) is 1. The van der Waals surface area contributed by atoms with Gasteiger partial charge in [0, 0.05) is 11.1 Å². The van der Waals surface area contributed by atoms with Gasteiger partial charge in [0.05, 0.1) is 10.8 Å². The van der Waals surface area contributed by atoms with Crippen LogP contribution in [0.3, 0.4) is 0 Å². The van der Waals surface area contributed by atoms with E-state index >= 15 is 0 Å². The van der Waals surface area contributed by atoms with Crippen molar-refractivity contribution in [3.8, 4) is 0 Å². The lowest BCUT2D eigenvalue weighted by Gasteiger charge is -2.17. The molecule has 0 fully saturated rings. The minimum absolute atomic E-state index is 0.0893. The first-order chi connectivity index (χ1) is 7.86. The number of hydrogen-bond acceptors (Lipinski definition) is 3. The number of aryl methyl sites for hydroxylation is 1. The number of hydrogen-bond donors (Lipinski definition) is 1. The Bertz CT molecular complexity index is 454. The standard InChI is InChI=1S/C12H15NO4/c1-7(2)10(12(14)15)9-6-4-5-8(3)11(9)13(16)17/h4-7,10H,1-3H3,(H,14,15). The van der Waals surface area contributed by atoms with Crippen LogP contribution in [0.2, 0.25) is 0 Å². The molecule has 0 bridgehead atoms. The fourth-order valence-electron chi connectivity index (χ4n) is 1.96. The predicted octanol–water partition coefficient (Wildman–Crippen LogP) is 2.73. The summed E-state index contributed by atoms with van der Waals surface area (Å²) in [5.41, 5.74) is 0.672. The fourth-order valence-corrected chi connectivity index (χ4v) is 1.96. The maximum absolute atomic E-state index is 11.2. The lowest BCUT2D eigenvalue weighted by Crippen LogP contribution is -2.19. The third-order valence-corrected chi connectivity index (χ3v) is 2.72. The summed E-state index contributed by atoms with van der Waals surface area (Å²) in [4.78, 5) is 21.7. The largest absolute Gasteiger partial charge is 0.481 e. The van der Waals surface area contributed by atoms with Gasteiger partial charge < -0.3 is 5.11 Å². The summed E-state index contributed by atoms with van der Waals surface area (Å²) in [5, 5.41) is 20.2. The summed E-state index contributed by atoms with van der Waals surface area (Å²) >= 11 is 0. The van der Waals surface area contributed by atoms with Crippen molar-refractivity contribution in [2.24, 2.45) is 5.92 Å². The number of carbonyl (C=O) groups is 1. The van der Waals surface area contributed by atoms with Crippen molar-refractivity contribution in [2.45, 2.75) is 26.7 Å². The molecular formula is C12H15NO4. The van der Waals surface area contributed by atoms with E-state index in [2.05, 4.69) is 0 Å². The van der Waals surface area contributed by atoms with Gasteiger partial charge >= 0.3 is 5.97 Å². The van der Waals surface area contributed by atoms with E-state index in [0.29, 0.717) is 5.56 Å². The first-order valence-electron chi connectivity index (χ1n) is 5.33. The molecule has 0 spiro atoms. The second kappa shape index (κ2) is 4.95. The average molecular weight is 237 g/mol. The summed E-state index contributed by atoms with van der Waals surface area (Å²) in [5.74, 6) is -2.09. The van der Waals surface area contributed by atoms with Crippen LogP contribution in [0.1, 0.15) is 30.9 Å². The van der Waals surface area contributed by atoms with E-state index in [-0.39, 0.29) is 17.2 Å². The van der Waals surface area contributed by atoms with Gasteiger partial charge in [-0.15, -0.1) is 0 Å². The Labute approximate surface area is 99.2 Å². The molecule has 1 N–H and O–H groups in total. The molecular weight excluding hydrogens is 222 g/mol. The Hall–Kier alpha value is -1.91. The normalized spacial score (nSPS) is 12.5. The first-order valence-corrected chi connectivity index (χ1v) is 5.33. The predicted molar refractivity (Wildman–Crippen MR) is 63.0 cm³/mol. The Balaban J connectivity index is 3.43. The maximum Gasteiger partial charge on any atom is 0.311 e. The highest BCUT2D eigenvalue weighted by Crippen LogP contribution is 2.34. The lowest BCUT2D eigenvalue weighted by molar-refractivity contribution is -0.386. The Morgan fingerprint density at radius 3 is 2.41 bits per heavy atom. The Kier molecular flexibility index (Phi) is 3.83. The number of nitro groups is 1. The van der Waals surface area contributed by atoms with E-state index in [1.807, 2.05) is 0 Å². The van der Waals surface area contributed by atoms with E-state index < -0.39 is 16.8 Å². The SMILES string of the molecule is Cc1cccc(C(C(=O)O)C(C)C)c1[N+](=O)[O-]. The topological polar surface area (TPSA) is 80.4 Å². The minimum Gasteiger partial charge on any atom is -0.481 e. The van der Waals surface area contributed by atoms with Crippen molar-refractivity contribution in [3.05, 3.63) is 39.4 Å². The van der Waals surface area contributed by atoms with Crippen LogP contribution in [0.15, 0.2) is 18.2 Å². The molecule has 0 heterocycles. The summed E-state index contributed by atoms with van der Waals surface area (Å²) < 4.78 is 0. The molecule has 0 saturated heterocycles. The molecule has 0 saturated carbocycles. The summed E-state index contributed by atoms with van der Waals surface area (Å²) in [7, 11) is 0. The van der Waals surface area contributed by atoms with Crippen molar-refractivity contribution < 1.29 is 14.8 Å². The van der Waals surface area contributed by atoms with Gasteiger partial charge in [0.25, 0.3) is 5.69 Å². The molecule has 1 unspecified atom stereocenters. The van der Waals surface area contributed by atoms with Gasteiger partial charge in [0.15, 0.2) is 0 Å². The highest BCUT2D eigenvalue weighted by molar-refractivity contribution is 5.78.